The van der Waals surface area contributed by atoms with E-state index < -0.39 is 54.2 Å². The Kier molecular flexibility index (Phi) is 5.67. The molecule has 7 N–H and O–H groups in total. The molecule has 3 aromatic rings. The molecule has 0 spiro atoms. The molecule has 0 saturated carbocycles. The number of aromatic hydroxyl groups is 3. The maximum atomic E-state index is 13.2. The second-order valence-corrected chi connectivity index (χ2v) is 7.29. The van der Waals surface area contributed by atoms with Crippen molar-refractivity contribution in [1.82, 2.24) is 0 Å². The minimum atomic E-state index is -1.83. The predicted octanol–water partition coefficient (Wildman–Crippen LogP) is -0.244. The fraction of sp³-hybridized carbons (Fsp3) is 0.286. The van der Waals surface area contributed by atoms with E-state index in [9.17, 15) is 40.5 Å². The summed E-state index contributed by atoms with van der Waals surface area (Å²) in [7, 11) is 0. The van der Waals surface area contributed by atoms with Gasteiger partial charge in [0.2, 0.25) is 11.2 Å². The molecule has 32 heavy (non-hydrogen) atoms. The SMILES string of the molecule is O=c1c(O[C@H]2C(O)O[C@H](CO)[C@@H](O)[C@@H]2O)c(-c2ccc(O)cc2)oc2cc(O)cc(O)c12. The molecule has 1 aromatic heterocycles. The lowest BCUT2D eigenvalue weighted by atomic mass is 9.99. The van der Waals surface area contributed by atoms with Crippen molar-refractivity contribution in [3.63, 3.8) is 0 Å². The van der Waals surface area contributed by atoms with Crippen LogP contribution in [0.25, 0.3) is 22.3 Å². The smallest absolute Gasteiger partial charge is 0.239 e. The Hall–Kier alpha value is -3.35. The van der Waals surface area contributed by atoms with E-state index >= 15 is 0 Å². The van der Waals surface area contributed by atoms with Crippen LogP contribution in [-0.4, -0.2) is 73.1 Å². The number of rotatable bonds is 4. The van der Waals surface area contributed by atoms with Crippen LogP contribution >= 0.6 is 0 Å². The second-order valence-electron chi connectivity index (χ2n) is 7.29. The first-order chi connectivity index (χ1) is 15.2. The molecule has 11 heteroatoms. The minimum absolute atomic E-state index is 0.0701. The summed E-state index contributed by atoms with van der Waals surface area (Å²) < 4.78 is 16.3. The molecule has 0 aliphatic carbocycles. The van der Waals surface area contributed by atoms with E-state index in [0.717, 1.165) is 12.1 Å². The number of hydrogen-bond acceptors (Lipinski definition) is 11. The van der Waals surface area contributed by atoms with Crippen LogP contribution in [0.4, 0.5) is 0 Å². The number of phenolic OH excluding ortho intramolecular Hbond substituents is 3. The first-order valence-electron chi connectivity index (χ1n) is 9.50. The summed E-state index contributed by atoms with van der Waals surface area (Å²) in [6.07, 6.45) is -8.17. The highest BCUT2D eigenvalue weighted by atomic mass is 16.7. The Bertz CT molecular complexity index is 1190. The molecule has 170 valence electrons. The van der Waals surface area contributed by atoms with Crippen molar-refractivity contribution < 1.29 is 49.6 Å². The topological polar surface area (TPSA) is 190 Å². The van der Waals surface area contributed by atoms with Gasteiger partial charge in [-0.15, -0.1) is 0 Å². The first-order valence-corrected chi connectivity index (χ1v) is 9.50. The highest BCUT2D eigenvalue weighted by Crippen LogP contribution is 2.37. The normalized spacial score (nSPS) is 25.7. The van der Waals surface area contributed by atoms with Crippen molar-refractivity contribution in [3.8, 4) is 34.3 Å². The van der Waals surface area contributed by atoms with Gasteiger partial charge in [-0.2, -0.15) is 0 Å². The quantitative estimate of drug-likeness (QED) is 0.279. The van der Waals surface area contributed by atoms with E-state index in [4.69, 9.17) is 13.9 Å². The Labute approximate surface area is 179 Å². The van der Waals surface area contributed by atoms with Gasteiger partial charge in [0, 0.05) is 17.7 Å². The molecule has 1 fully saturated rings. The summed E-state index contributed by atoms with van der Waals surface area (Å²) in [5.41, 5.74) is -0.830. The van der Waals surface area contributed by atoms with E-state index in [0.29, 0.717) is 0 Å². The lowest BCUT2D eigenvalue weighted by Crippen LogP contribution is -2.60. The van der Waals surface area contributed by atoms with Crippen molar-refractivity contribution in [2.75, 3.05) is 6.61 Å². The average Bonchev–Trinajstić information content (AvgIpc) is 2.74. The van der Waals surface area contributed by atoms with Gasteiger partial charge in [-0.1, -0.05) is 0 Å². The number of ether oxygens (including phenoxy) is 2. The first kappa shape index (κ1) is 21.9. The van der Waals surface area contributed by atoms with Crippen LogP contribution in [0.5, 0.6) is 23.0 Å². The standard InChI is InChI=1S/C21H20O11/c22-7-13-15(26)17(28)20(21(29)31-13)32-19-16(27)14-11(25)5-10(24)6-12(14)30-18(19)8-1-3-9(23)4-2-8/h1-6,13,15,17,20-26,28-29H,7H2/t13-,15-,17+,20-,21?/m1/s1. The lowest BCUT2D eigenvalue weighted by Gasteiger charge is -2.39. The van der Waals surface area contributed by atoms with Gasteiger partial charge in [0.1, 0.15) is 46.5 Å². The van der Waals surface area contributed by atoms with E-state index in [1.54, 1.807) is 0 Å². The molecule has 2 aromatic carbocycles. The fourth-order valence-electron chi connectivity index (χ4n) is 3.51. The summed E-state index contributed by atoms with van der Waals surface area (Å²) in [6, 6.07) is 7.45. The molecule has 5 atom stereocenters. The highest BCUT2D eigenvalue weighted by Gasteiger charge is 2.46. The third kappa shape index (κ3) is 3.72. The van der Waals surface area contributed by atoms with Gasteiger partial charge >= 0.3 is 0 Å². The Morgan fingerprint density at radius 1 is 0.938 bits per heavy atom. The molecule has 4 rings (SSSR count). The number of aliphatic hydroxyl groups is 4. The molecule has 0 bridgehead atoms. The molecule has 1 saturated heterocycles. The van der Waals surface area contributed by atoms with Gasteiger partial charge < -0.3 is 49.6 Å². The highest BCUT2D eigenvalue weighted by molar-refractivity contribution is 5.88. The van der Waals surface area contributed by atoms with E-state index in [1.807, 2.05) is 0 Å². The number of aliphatic hydroxyl groups excluding tert-OH is 4. The Morgan fingerprint density at radius 2 is 1.62 bits per heavy atom. The molecule has 1 unspecified atom stereocenters. The Balaban J connectivity index is 1.89. The summed E-state index contributed by atoms with van der Waals surface area (Å²) in [4.78, 5) is 13.2. The van der Waals surface area contributed by atoms with Crippen LogP contribution in [0, 0.1) is 0 Å². The van der Waals surface area contributed by atoms with Crippen molar-refractivity contribution in [3.05, 3.63) is 46.6 Å². The van der Waals surface area contributed by atoms with Crippen LogP contribution in [0.15, 0.2) is 45.6 Å². The molecule has 0 amide bonds. The van der Waals surface area contributed by atoms with Gasteiger partial charge in [0.15, 0.2) is 18.2 Å². The molecule has 2 heterocycles. The summed E-state index contributed by atoms with van der Waals surface area (Å²) in [5.74, 6) is -1.78. The zero-order valence-electron chi connectivity index (χ0n) is 16.3. The van der Waals surface area contributed by atoms with Crippen molar-refractivity contribution in [2.24, 2.45) is 0 Å². The third-order valence-corrected chi connectivity index (χ3v) is 5.14. The molecule has 11 nitrogen and oxygen atoms in total. The lowest BCUT2D eigenvalue weighted by molar-refractivity contribution is -0.280. The van der Waals surface area contributed by atoms with Crippen LogP contribution in [0.3, 0.4) is 0 Å². The van der Waals surface area contributed by atoms with E-state index in [2.05, 4.69) is 0 Å². The van der Waals surface area contributed by atoms with Crippen molar-refractivity contribution in [2.45, 2.75) is 30.7 Å². The predicted molar refractivity (Wildman–Crippen MR) is 107 cm³/mol. The van der Waals surface area contributed by atoms with Gasteiger partial charge in [-0.3, -0.25) is 4.79 Å². The van der Waals surface area contributed by atoms with E-state index in [-0.39, 0.29) is 33.8 Å². The van der Waals surface area contributed by atoms with Crippen molar-refractivity contribution >= 4 is 11.0 Å². The molecule has 0 radical (unpaired) electrons. The third-order valence-electron chi connectivity index (χ3n) is 5.14. The van der Waals surface area contributed by atoms with Crippen LogP contribution in [0.1, 0.15) is 0 Å². The summed E-state index contributed by atoms with van der Waals surface area (Å²) in [6.45, 7) is -0.684. The molecular formula is C21H20O11. The Morgan fingerprint density at radius 3 is 2.28 bits per heavy atom. The van der Waals surface area contributed by atoms with Crippen LogP contribution < -0.4 is 10.2 Å². The summed E-state index contributed by atoms with van der Waals surface area (Å²) in [5, 5.41) is 69.1. The average molecular weight is 448 g/mol. The zero-order chi connectivity index (χ0) is 23.2. The molecule has 1 aliphatic heterocycles. The van der Waals surface area contributed by atoms with Crippen molar-refractivity contribution in [1.29, 1.82) is 0 Å². The fourth-order valence-corrected chi connectivity index (χ4v) is 3.51. The largest absolute Gasteiger partial charge is 0.508 e. The van der Waals surface area contributed by atoms with Gasteiger partial charge in [0.05, 0.1) is 6.61 Å². The summed E-state index contributed by atoms with van der Waals surface area (Å²) >= 11 is 0. The van der Waals surface area contributed by atoms with Crippen LogP contribution in [0.2, 0.25) is 0 Å². The maximum absolute atomic E-state index is 13.2. The van der Waals surface area contributed by atoms with Crippen LogP contribution in [-0.2, 0) is 4.74 Å². The zero-order valence-corrected chi connectivity index (χ0v) is 16.3. The van der Waals surface area contributed by atoms with Gasteiger partial charge in [-0.05, 0) is 24.3 Å². The minimum Gasteiger partial charge on any atom is -0.508 e. The number of benzene rings is 2. The maximum Gasteiger partial charge on any atom is 0.239 e. The number of hydrogen-bond donors (Lipinski definition) is 7. The number of fused-ring (bicyclic) bond motifs is 1. The molecule has 1 aliphatic rings. The van der Waals surface area contributed by atoms with Gasteiger partial charge in [0.25, 0.3) is 0 Å². The number of phenols is 3. The second kappa shape index (κ2) is 8.30. The monoisotopic (exact) mass is 448 g/mol. The molecular weight excluding hydrogens is 428 g/mol. The van der Waals surface area contributed by atoms with E-state index in [1.165, 1.54) is 24.3 Å². The van der Waals surface area contributed by atoms with Gasteiger partial charge in [-0.25, -0.2) is 0 Å².